The first-order chi connectivity index (χ1) is 9.06. The zero-order chi connectivity index (χ0) is 13.8. The summed E-state index contributed by atoms with van der Waals surface area (Å²) in [5.74, 6) is -1.40. The summed E-state index contributed by atoms with van der Waals surface area (Å²) in [4.78, 5) is 22.5. The molecule has 0 aliphatic rings. The lowest BCUT2D eigenvalue weighted by molar-refractivity contribution is -0.605. The molecule has 1 aromatic carbocycles. The Hall–Kier alpha value is -2.89. The summed E-state index contributed by atoms with van der Waals surface area (Å²) < 4.78 is 0.582. The van der Waals surface area contributed by atoms with E-state index in [0.717, 1.165) is 0 Å². The number of aromatic nitrogens is 1. The van der Waals surface area contributed by atoms with Gasteiger partial charge in [-0.1, -0.05) is 0 Å². The summed E-state index contributed by atoms with van der Waals surface area (Å²) in [6.45, 7) is 0. The molecule has 0 fully saturated rings. The normalized spacial score (nSPS) is 9.89. The molecule has 0 spiro atoms. The van der Waals surface area contributed by atoms with Crippen LogP contribution in [0.25, 0.3) is 0 Å². The van der Waals surface area contributed by atoms with Gasteiger partial charge < -0.3 is 15.6 Å². The number of rotatable bonds is 3. The van der Waals surface area contributed by atoms with Crippen molar-refractivity contribution in [3.8, 4) is 0 Å². The number of pyridine rings is 1. The van der Waals surface area contributed by atoms with E-state index in [1.807, 2.05) is 0 Å². The lowest BCUT2D eigenvalue weighted by Gasteiger charge is -2.05. The summed E-state index contributed by atoms with van der Waals surface area (Å²) in [5.41, 5.74) is 0.966. The Kier molecular flexibility index (Phi) is 3.42. The number of anilines is 1. The van der Waals surface area contributed by atoms with Crippen molar-refractivity contribution >= 4 is 17.6 Å². The molecule has 6 nitrogen and oxygen atoms in total. The molecule has 0 atom stereocenters. The van der Waals surface area contributed by atoms with Gasteiger partial charge in [-0.15, -0.1) is 0 Å². The Morgan fingerprint density at radius 2 is 1.58 bits per heavy atom. The molecule has 1 amide bonds. The fourth-order valence-corrected chi connectivity index (χ4v) is 1.46. The maximum atomic E-state index is 11.8. The molecule has 1 heterocycles. The van der Waals surface area contributed by atoms with Crippen molar-refractivity contribution in [2.45, 2.75) is 0 Å². The molecule has 2 aromatic rings. The molecule has 0 saturated heterocycles. The maximum Gasteiger partial charge on any atom is 0.335 e. The van der Waals surface area contributed by atoms with Crippen molar-refractivity contribution in [3.63, 3.8) is 0 Å². The zero-order valence-corrected chi connectivity index (χ0v) is 9.74. The topological polar surface area (TPSA) is 93.3 Å². The molecule has 0 saturated carbocycles. The lowest BCUT2D eigenvalue weighted by Crippen LogP contribution is -2.25. The first kappa shape index (κ1) is 12.6. The number of carboxylic acids is 1. The van der Waals surface area contributed by atoms with Crippen LogP contribution >= 0.6 is 0 Å². The Balaban J connectivity index is 2.10. The maximum absolute atomic E-state index is 11.8. The highest BCUT2D eigenvalue weighted by Gasteiger charge is 2.08. The third kappa shape index (κ3) is 3.06. The van der Waals surface area contributed by atoms with E-state index >= 15 is 0 Å². The molecule has 1 aromatic heterocycles. The lowest BCUT2D eigenvalue weighted by atomic mass is 10.2. The Morgan fingerprint density at radius 3 is 2.11 bits per heavy atom. The largest absolute Gasteiger partial charge is 0.619 e. The van der Waals surface area contributed by atoms with E-state index in [9.17, 15) is 14.8 Å². The molecule has 0 aliphatic carbocycles. The first-order valence-corrected chi connectivity index (χ1v) is 5.40. The monoisotopic (exact) mass is 258 g/mol. The van der Waals surface area contributed by atoms with Gasteiger partial charge in [-0.2, -0.15) is 4.73 Å². The van der Waals surface area contributed by atoms with Gasteiger partial charge in [0.05, 0.1) is 11.1 Å². The van der Waals surface area contributed by atoms with E-state index < -0.39 is 5.97 Å². The van der Waals surface area contributed by atoms with E-state index in [2.05, 4.69) is 5.32 Å². The van der Waals surface area contributed by atoms with Crippen LogP contribution < -0.4 is 10.0 Å². The average Bonchev–Trinajstić information content (AvgIpc) is 2.40. The highest BCUT2D eigenvalue weighted by atomic mass is 16.5. The van der Waals surface area contributed by atoms with Crippen molar-refractivity contribution in [2.24, 2.45) is 0 Å². The molecule has 2 N–H and O–H groups in total. The van der Waals surface area contributed by atoms with Crippen LogP contribution in [0.5, 0.6) is 0 Å². The quantitative estimate of drug-likeness (QED) is 0.640. The van der Waals surface area contributed by atoms with Gasteiger partial charge in [0.15, 0.2) is 12.4 Å². The van der Waals surface area contributed by atoms with Gasteiger partial charge in [-0.3, -0.25) is 4.79 Å². The van der Waals surface area contributed by atoms with Crippen molar-refractivity contribution in [2.75, 3.05) is 5.32 Å². The second kappa shape index (κ2) is 5.18. The minimum Gasteiger partial charge on any atom is -0.619 e. The summed E-state index contributed by atoms with van der Waals surface area (Å²) in [6.07, 6.45) is 2.45. The molecular weight excluding hydrogens is 248 g/mol. The molecule has 0 unspecified atom stereocenters. The van der Waals surface area contributed by atoms with E-state index in [1.54, 1.807) is 0 Å². The molecule has 6 heteroatoms. The fraction of sp³-hybridized carbons (Fsp3) is 0. The van der Waals surface area contributed by atoms with Crippen LogP contribution in [0.1, 0.15) is 20.7 Å². The number of carbonyl (C=O) groups is 2. The van der Waals surface area contributed by atoms with E-state index in [1.165, 1.54) is 48.8 Å². The third-order valence-electron chi connectivity index (χ3n) is 2.45. The van der Waals surface area contributed by atoms with Crippen LogP contribution in [0.4, 0.5) is 5.69 Å². The van der Waals surface area contributed by atoms with E-state index in [4.69, 9.17) is 5.11 Å². The predicted molar refractivity (Wildman–Crippen MR) is 66.8 cm³/mol. The van der Waals surface area contributed by atoms with Crippen molar-refractivity contribution < 1.29 is 19.4 Å². The van der Waals surface area contributed by atoms with Gasteiger partial charge in [-0.05, 0) is 24.3 Å². The fourth-order valence-electron chi connectivity index (χ4n) is 1.46. The number of nitrogens with zero attached hydrogens (tertiary/aromatic N) is 1. The third-order valence-corrected chi connectivity index (χ3v) is 2.45. The highest BCUT2D eigenvalue weighted by Crippen LogP contribution is 2.11. The van der Waals surface area contributed by atoms with Gasteiger partial charge in [0, 0.05) is 17.8 Å². The number of carboxylic acid groups (broad SMARTS) is 1. The van der Waals surface area contributed by atoms with Crippen LogP contribution in [0, 0.1) is 5.21 Å². The van der Waals surface area contributed by atoms with Gasteiger partial charge in [0.1, 0.15) is 0 Å². The first-order valence-electron chi connectivity index (χ1n) is 5.40. The number of carbonyl (C=O) groups excluding carboxylic acids is 1. The number of aromatic carboxylic acids is 1. The Bertz CT molecular complexity index is 606. The molecule has 96 valence electrons. The van der Waals surface area contributed by atoms with E-state index in [0.29, 0.717) is 16.0 Å². The number of benzene rings is 1. The van der Waals surface area contributed by atoms with E-state index in [-0.39, 0.29) is 11.5 Å². The van der Waals surface area contributed by atoms with Gasteiger partial charge in [0.2, 0.25) is 0 Å². The second-order valence-corrected chi connectivity index (χ2v) is 3.78. The van der Waals surface area contributed by atoms with Gasteiger partial charge in [-0.25, -0.2) is 4.79 Å². The minimum atomic E-state index is -1.03. The highest BCUT2D eigenvalue weighted by molar-refractivity contribution is 6.04. The van der Waals surface area contributed by atoms with Crippen molar-refractivity contribution in [1.29, 1.82) is 0 Å². The van der Waals surface area contributed by atoms with Crippen LogP contribution in [-0.2, 0) is 0 Å². The molecule has 19 heavy (non-hydrogen) atoms. The molecule has 0 aliphatic heterocycles. The van der Waals surface area contributed by atoms with Crippen LogP contribution in [-0.4, -0.2) is 17.0 Å². The number of hydrogen-bond donors (Lipinski definition) is 2. The van der Waals surface area contributed by atoms with Crippen molar-refractivity contribution in [3.05, 3.63) is 65.1 Å². The predicted octanol–water partition coefficient (Wildman–Crippen LogP) is 1.27. The summed E-state index contributed by atoms with van der Waals surface area (Å²) in [7, 11) is 0. The van der Waals surface area contributed by atoms with Crippen molar-refractivity contribution in [1.82, 2.24) is 0 Å². The number of amides is 1. The van der Waals surface area contributed by atoms with Crippen LogP contribution in [0.3, 0.4) is 0 Å². The average molecular weight is 258 g/mol. The minimum absolute atomic E-state index is 0.144. The number of hydrogen-bond acceptors (Lipinski definition) is 3. The molecule has 0 bridgehead atoms. The standard InChI is InChI=1S/C13H10N2O4/c16-12(9-5-7-15(19)8-6-9)14-11-3-1-10(2-4-11)13(17)18/h1-8H,(H,14,16)(H,17,18). The zero-order valence-electron chi connectivity index (χ0n) is 9.74. The van der Waals surface area contributed by atoms with Crippen LogP contribution in [0.2, 0.25) is 0 Å². The SMILES string of the molecule is O=C(O)c1ccc(NC(=O)c2cc[n+]([O-])cc2)cc1. The summed E-state index contributed by atoms with van der Waals surface area (Å²) in [5, 5.41) is 22.2. The molecule has 0 radical (unpaired) electrons. The molecular formula is C13H10N2O4. The Labute approximate surface area is 108 Å². The summed E-state index contributed by atoms with van der Waals surface area (Å²) >= 11 is 0. The number of nitrogens with one attached hydrogen (secondary N) is 1. The second-order valence-electron chi connectivity index (χ2n) is 3.78. The van der Waals surface area contributed by atoms with Gasteiger partial charge in [0.25, 0.3) is 5.91 Å². The molecule has 2 rings (SSSR count). The Morgan fingerprint density at radius 1 is 1.00 bits per heavy atom. The summed E-state index contributed by atoms with van der Waals surface area (Å²) in [6, 6.07) is 8.58. The van der Waals surface area contributed by atoms with Crippen LogP contribution in [0.15, 0.2) is 48.8 Å². The van der Waals surface area contributed by atoms with Gasteiger partial charge >= 0.3 is 5.97 Å². The smallest absolute Gasteiger partial charge is 0.335 e.